The van der Waals surface area contributed by atoms with E-state index < -0.39 is 11.4 Å². The minimum Gasteiger partial charge on any atom is -0.504 e. The zero-order valence-electron chi connectivity index (χ0n) is 9.27. The summed E-state index contributed by atoms with van der Waals surface area (Å²) < 4.78 is 4.92. The Morgan fingerprint density at radius 1 is 1.24 bits per heavy atom. The molecule has 0 fully saturated rings. The summed E-state index contributed by atoms with van der Waals surface area (Å²) in [7, 11) is 0. The van der Waals surface area contributed by atoms with E-state index >= 15 is 0 Å². The number of fused-ring (bicyclic) bond motifs is 1. The first-order chi connectivity index (χ1) is 7.91. The van der Waals surface area contributed by atoms with Gasteiger partial charge < -0.3 is 14.6 Å². The van der Waals surface area contributed by atoms with Gasteiger partial charge in [0.25, 0.3) is 0 Å². The molecular formula is C12H10O5. The zero-order valence-corrected chi connectivity index (χ0v) is 9.27. The maximum atomic E-state index is 11.6. The molecule has 0 amide bonds. The van der Waals surface area contributed by atoms with Crippen LogP contribution in [0.4, 0.5) is 0 Å². The van der Waals surface area contributed by atoms with Gasteiger partial charge in [-0.25, -0.2) is 4.79 Å². The highest BCUT2D eigenvalue weighted by atomic mass is 16.4. The van der Waals surface area contributed by atoms with E-state index in [-0.39, 0.29) is 22.6 Å². The summed E-state index contributed by atoms with van der Waals surface area (Å²) in [5.41, 5.74) is -0.220. The molecule has 0 saturated carbocycles. The molecule has 2 N–H and O–H groups in total. The fraction of sp³-hybridized carbons (Fsp3) is 0.167. The Balaban J connectivity index is 2.97. The molecule has 5 heteroatoms. The Hall–Kier alpha value is -2.30. The number of phenols is 2. The summed E-state index contributed by atoms with van der Waals surface area (Å²) >= 11 is 0. The van der Waals surface area contributed by atoms with Gasteiger partial charge in [0.2, 0.25) is 0 Å². The molecule has 17 heavy (non-hydrogen) atoms. The number of ketones is 1. The van der Waals surface area contributed by atoms with Crippen molar-refractivity contribution in [2.45, 2.75) is 13.8 Å². The average Bonchev–Trinajstić information content (AvgIpc) is 2.21. The number of carbonyl (C=O) groups is 1. The lowest BCUT2D eigenvalue weighted by atomic mass is 10.0. The van der Waals surface area contributed by atoms with E-state index in [2.05, 4.69) is 0 Å². The summed E-state index contributed by atoms with van der Waals surface area (Å²) in [4.78, 5) is 22.9. The smallest absolute Gasteiger partial charge is 0.347 e. The molecule has 2 aromatic rings. The number of hydrogen-bond acceptors (Lipinski definition) is 5. The van der Waals surface area contributed by atoms with E-state index in [0.29, 0.717) is 10.9 Å². The summed E-state index contributed by atoms with van der Waals surface area (Å²) in [6.45, 7) is 2.86. The molecule has 0 aliphatic heterocycles. The molecular weight excluding hydrogens is 224 g/mol. The van der Waals surface area contributed by atoms with Crippen molar-refractivity contribution < 1.29 is 19.4 Å². The Morgan fingerprint density at radius 3 is 2.41 bits per heavy atom. The molecule has 0 aliphatic rings. The summed E-state index contributed by atoms with van der Waals surface area (Å²) in [6, 6.07) is 2.40. The maximum absolute atomic E-state index is 11.6. The number of phenolic OH excluding ortho intramolecular Hbond substituents is 2. The van der Waals surface area contributed by atoms with E-state index in [1.807, 2.05) is 0 Å². The van der Waals surface area contributed by atoms with Crippen LogP contribution in [0.2, 0.25) is 0 Å². The van der Waals surface area contributed by atoms with Crippen LogP contribution in [-0.4, -0.2) is 16.0 Å². The second-order valence-electron chi connectivity index (χ2n) is 3.78. The zero-order chi connectivity index (χ0) is 12.7. The number of benzene rings is 1. The van der Waals surface area contributed by atoms with Crippen molar-refractivity contribution in [2.75, 3.05) is 0 Å². The van der Waals surface area contributed by atoms with Gasteiger partial charge >= 0.3 is 5.63 Å². The van der Waals surface area contributed by atoms with Gasteiger partial charge in [-0.05, 0) is 25.5 Å². The Morgan fingerprint density at radius 2 is 1.82 bits per heavy atom. The lowest BCUT2D eigenvalue weighted by molar-refractivity contribution is 0.101. The highest BCUT2D eigenvalue weighted by Crippen LogP contribution is 2.31. The minimum absolute atomic E-state index is 0.0393. The van der Waals surface area contributed by atoms with Crippen LogP contribution >= 0.6 is 0 Å². The van der Waals surface area contributed by atoms with Crippen LogP contribution in [0.5, 0.6) is 11.5 Å². The first-order valence-electron chi connectivity index (χ1n) is 4.92. The van der Waals surface area contributed by atoms with Gasteiger partial charge in [0.05, 0.1) is 0 Å². The summed E-state index contributed by atoms with van der Waals surface area (Å²) in [5, 5.41) is 19.1. The lowest BCUT2D eigenvalue weighted by Crippen LogP contribution is -2.14. The number of hydrogen-bond donors (Lipinski definition) is 2. The first-order valence-corrected chi connectivity index (χ1v) is 4.92. The summed E-state index contributed by atoms with van der Waals surface area (Å²) in [5.74, 6) is -1.11. The standard InChI is InChI=1S/C12H10O5/c1-5-7-3-8(14)9(15)4-10(7)17-12(16)11(5)6(2)13/h3-4,14-15H,1-2H3. The minimum atomic E-state index is -0.743. The van der Waals surface area contributed by atoms with E-state index in [1.54, 1.807) is 6.92 Å². The van der Waals surface area contributed by atoms with E-state index in [4.69, 9.17) is 4.42 Å². The molecule has 0 spiro atoms. The molecule has 0 unspecified atom stereocenters. The van der Waals surface area contributed by atoms with Crippen LogP contribution in [0.1, 0.15) is 22.8 Å². The van der Waals surface area contributed by atoms with Crippen molar-refractivity contribution in [1.82, 2.24) is 0 Å². The van der Waals surface area contributed by atoms with Crippen molar-refractivity contribution in [3.8, 4) is 11.5 Å². The second-order valence-corrected chi connectivity index (χ2v) is 3.78. The molecule has 1 heterocycles. The molecule has 5 nitrogen and oxygen atoms in total. The number of rotatable bonds is 1. The predicted molar refractivity (Wildman–Crippen MR) is 60.6 cm³/mol. The van der Waals surface area contributed by atoms with Crippen LogP contribution < -0.4 is 5.63 Å². The Labute approximate surface area is 95.9 Å². The highest BCUT2D eigenvalue weighted by Gasteiger charge is 2.16. The second kappa shape index (κ2) is 3.62. The van der Waals surface area contributed by atoms with Crippen molar-refractivity contribution in [2.24, 2.45) is 0 Å². The number of aromatic hydroxyl groups is 2. The van der Waals surface area contributed by atoms with Crippen molar-refractivity contribution in [3.05, 3.63) is 33.7 Å². The molecule has 0 bridgehead atoms. The third-order valence-corrected chi connectivity index (χ3v) is 2.61. The average molecular weight is 234 g/mol. The molecule has 0 aliphatic carbocycles. The fourth-order valence-electron chi connectivity index (χ4n) is 1.78. The monoisotopic (exact) mass is 234 g/mol. The van der Waals surface area contributed by atoms with Gasteiger partial charge in [0, 0.05) is 11.5 Å². The molecule has 1 aromatic carbocycles. The van der Waals surface area contributed by atoms with Crippen molar-refractivity contribution in [3.63, 3.8) is 0 Å². The van der Waals surface area contributed by atoms with Crippen LogP contribution in [0.25, 0.3) is 11.0 Å². The number of aryl methyl sites for hydroxylation is 1. The van der Waals surface area contributed by atoms with Gasteiger partial charge in [-0.1, -0.05) is 0 Å². The van der Waals surface area contributed by atoms with Crippen molar-refractivity contribution in [1.29, 1.82) is 0 Å². The lowest BCUT2D eigenvalue weighted by Gasteiger charge is -2.06. The van der Waals surface area contributed by atoms with Crippen LogP contribution in [0, 0.1) is 6.92 Å². The fourth-order valence-corrected chi connectivity index (χ4v) is 1.78. The van der Waals surface area contributed by atoms with E-state index in [1.165, 1.54) is 13.0 Å². The van der Waals surface area contributed by atoms with Crippen LogP contribution in [-0.2, 0) is 0 Å². The number of carbonyl (C=O) groups excluding carboxylic acids is 1. The molecule has 0 radical (unpaired) electrons. The summed E-state index contributed by atoms with van der Waals surface area (Å²) in [6.07, 6.45) is 0. The third-order valence-electron chi connectivity index (χ3n) is 2.61. The van der Waals surface area contributed by atoms with Crippen LogP contribution in [0.15, 0.2) is 21.3 Å². The molecule has 1 aromatic heterocycles. The van der Waals surface area contributed by atoms with Crippen molar-refractivity contribution >= 4 is 16.8 Å². The molecule has 2 rings (SSSR count). The molecule has 0 saturated heterocycles. The Kier molecular flexibility index (Phi) is 2.38. The largest absolute Gasteiger partial charge is 0.504 e. The normalized spacial score (nSPS) is 10.7. The Bertz CT molecular complexity index is 681. The van der Waals surface area contributed by atoms with Gasteiger partial charge in [0.15, 0.2) is 17.3 Å². The molecule has 88 valence electrons. The van der Waals surface area contributed by atoms with Gasteiger partial charge in [-0.15, -0.1) is 0 Å². The first kappa shape index (κ1) is 11.2. The highest BCUT2D eigenvalue weighted by molar-refractivity contribution is 5.99. The van der Waals surface area contributed by atoms with Gasteiger partial charge in [-0.3, -0.25) is 4.79 Å². The maximum Gasteiger partial charge on any atom is 0.347 e. The van der Waals surface area contributed by atoms with Gasteiger partial charge in [0.1, 0.15) is 11.1 Å². The number of Topliss-reactive ketones (excluding diaryl/α,β-unsaturated/α-hetero) is 1. The van der Waals surface area contributed by atoms with E-state index in [0.717, 1.165) is 6.07 Å². The quantitative estimate of drug-likeness (QED) is 0.445. The molecule has 0 atom stereocenters. The topological polar surface area (TPSA) is 87.7 Å². The third kappa shape index (κ3) is 1.65. The van der Waals surface area contributed by atoms with Gasteiger partial charge in [-0.2, -0.15) is 0 Å². The van der Waals surface area contributed by atoms with E-state index in [9.17, 15) is 19.8 Å². The predicted octanol–water partition coefficient (Wildman–Crippen LogP) is 1.72. The van der Waals surface area contributed by atoms with Crippen LogP contribution in [0.3, 0.4) is 0 Å². The SMILES string of the molecule is CC(=O)c1c(C)c2cc(O)c(O)cc2oc1=O.